The van der Waals surface area contributed by atoms with Crippen LogP contribution in [0.2, 0.25) is 0 Å². The zero-order chi connectivity index (χ0) is 9.14. The van der Waals surface area contributed by atoms with Crippen molar-refractivity contribution in [1.29, 1.82) is 0 Å². The van der Waals surface area contributed by atoms with Crippen LogP contribution in [0, 0.1) is 0 Å². The standard InChI is InChI=1S/C8H13NO3/c1-2-7(8(11)12)9-4-3-6(10)5-9/h7H,2-5H2,1H3,(H,11,12). The Morgan fingerprint density at radius 1 is 1.75 bits per heavy atom. The predicted octanol–water partition coefficient (Wildman–Crippen LogP) is 0.124. The van der Waals surface area contributed by atoms with Gasteiger partial charge in [-0.2, -0.15) is 0 Å². The van der Waals surface area contributed by atoms with Gasteiger partial charge in [0.15, 0.2) is 0 Å². The van der Waals surface area contributed by atoms with E-state index < -0.39 is 12.0 Å². The first kappa shape index (κ1) is 9.19. The van der Waals surface area contributed by atoms with Crippen LogP contribution in [0.25, 0.3) is 0 Å². The van der Waals surface area contributed by atoms with E-state index >= 15 is 0 Å². The maximum absolute atomic E-state index is 10.9. The number of carbonyl (C=O) groups excluding carboxylic acids is 1. The second kappa shape index (κ2) is 3.67. The Morgan fingerprint density at radius 3 is 2.75 bits per heavy atom. The van der Waals surface area contributed by atoms with Crippen molar-refractivity contribution in [2.75, 3.05) is 13.1 Å². The lowest BCUT2D eigenvalue weighted by Crippen LogP contribution is -2.39. The second-order valence-corrected chi connectivity index (χ2v) is 3.02. The van der Waals surface area contributed by atoms with Crippen LogP contribution in [-0.2, 0) is 9.59 Å². The molecule has 0 bridgehead atoms. The van der Waals surface area contributed by atoms with Crippen molar-refractivity contribution in [1.82, 2.24) is 4.90 Å². The van der Waals surface area contributed by atoms with Crippen LogP contribution in [0.1, 0.15) is 19.8 Å². The van der Waals surface area contributed by atoms with Crippen molar-refractivity contribution in [3.8, 4) is 0 Å². The molecule has 0 aromatic carbocycles. The van der Waals surface area contributed by atoms with Gasteiger partial charge in [0.1, 0.15) is 11.8 Å². The summed E-state index contributed by atoms with van der Waals surface area (Å²) >= 11 is 0. The van der Waals surface area contributed by atoms with Crippen molar-refractivity contribution in [3.05, 3.63) is 0 Å². The van der Waals surface area contributed by atoms with E-state index in [2.05, 4.69) is 0 Å². The van der Waals surface area contributed by atoms with Crippen molar-refractivity contribution in [2.45, 2.75) is 25.8 Å². The molecule has 1 heterocycles. The summed E-state index contributed by atoms with van der Waals surface area (Å²) in [6.45, 7) is 2.73. The summed E-state index contributed by atoms with van der Waals surface area (Å²) < 4.78 is 0. The largest absolute Gasteiger partial charge is 0.480 e. The summed E-state index contributed by atoms with van der Waals surface area (Å²) in [5.41, 5.74) is 0. The number of carbonyl (C=O) groups is 2. The Hall–Kier alpha value is -0.900. The highest BCUT2D eigenvalue weighted by atomic mass is 16.4. The Labute approximate surface area is 71.2 Å². The van der Waals surface area contributed by atoms with Gasteiger partial charge in [-0.15, -0.1) is 0 Å². The summed E-state index contributed by atoms with van der Waals surface area (Å²) in [6, 6.07) is -0.476. The number of carboxylic acids is 1. The van der Waals surface area contributed by atoms with Crippen molar-refractivity contribution in [2.24, 2.45) is 0 Å². The minimum atomic E-state index is -0.827. The zero-order valence-corrected chi connectivity index (χ0v) is 7.12. The highest BCUT2D eigenvalue weighted by Crippen LogP contribution is 2.11. The van der Waals surface area contributed by atoms with Crippen LogP contribution in [0.3, 0.4) is 0 Å². The first-order valence-corrected chi connectivity index (χ1v) is 4.13. The number of likely N-dealkylation sites (tertiary alicyclic amines) is 1. The van der Waals surface area contributed by atoms with Crippen LogP contribution in [-0.4, -0.2) is 40.9 Å². The first-order chi connectivity index (χ1) is 5.65. The van der Waals surface area contributed by atoms with Gasteiger partial charge in [0.2, 0.25) is 0 Å². The molecule has 1 fully saturated rings. The second-order valence-electron chi connectivity index (χ2n) is 3.02. The van der Waals surface area contributed by atoms with E-state index in [4.69, 9.17) is 5.11 Å². The molecule has 0 aromatic rings. The van der Waals surface area contributed by atoms with Gasteiger partial charge in [-0.25, -0.2) is 0 Å². The molecular weight excluding hydrogens is 158 g/mol. The Balaban J connectivity index is 2.55. The molecule has 1 saturated heterocycles. The molecule has 1 atom stereocenters. The lowest BCUT2D eigenvalue weighted by atomic mass is 10.2. The lowest BCUT2D eigenvalue weighted by Gasteiger charge is -2.20. The van der Waals surface area contributed by atoms with Gasteiger partial charge in [0.05, 0.1) is 6.54 Å². The van der Waals surface area contributed by atoms with Crippen molar-refractivity contribution < 1.29 is 14.7 Å². The number of Topliss-reactive ketones (excluding diaryl/α,β-unsaturated/α-hetero) is 1. The fourth-order valence-corrected chi connectivity index (χ4v) is 1.51. The molecule has 1 aliphatic heterocycles. The number of hydrogen-bond donors (Lipinski definition) is 1. The van der Waals surface area contributed by atoms with E-state index in [-0.39, 0.29) is 5.78 Å². The van der Waals surface area contributed by atoms with Crippen molar-refractivity contribution in [3.63, 3.8) is 0 Å². The van der Waals surface area contributed by atoms with Crippen LogP contribution in [0.4, 0.5) is 0 Å². The quantitative estimate of drug-likeness (QED) is 0.655. The Bertz CT molecular complexity index is 202. The van der Waals surface area contributed by atoms with E-state index in [9.17, 15) is 9.59 Å². The van der Waals surface area contributed by atoms with Gasteiger partial charge in [0, 0.05) is 13.0 Å². The molecule has 1 rings (SSSR count). The molecule has 68 valence electrons. The molecule has 1 aliphatic rings. The Morgan fingerprint density at radius 2 is 2.42 bits per heavy atom. The fraction of sp³-hybridized carbons (Fsp3) is 0.750. The molecule has 0 spiro atoms. The monoisotopic (exact) mass is 171 g/mol. The minimum Gasteiger partial charge on any atom is -0.480 e. The summed E-state index contributed by atoms with van der Waals surface area (Å²) in [5, 5.41) is 8.77. The van der Waals surface area contributed by atoms with E-state index in [1.54, 1.807) is 4.90 Å². The third-order valence-corrected chi connectivity index (χ3v) is 2.17. The van der Waals surface area contributed by atoms with Gasteiger partial charge >= 0.3 is 5.97 Å². The average molecular weight is 171 g/mol. The van der Waals surface area contributed by atoms with Crippen molar-refractivity contribution >= 4 is 11.8 Å². The number of aliphatic carboxylic acids is 1. The van der Waals surface area contributed by atoms with Gasteiger partial charge in [-0.1, -0.05) is 6.92 Å². The lowest BCUT2D eigenvalue weighted by molar-refractivity contribution is -0.143. The molecule has 0 aliphatic carbocycles. The third-order valence-electron chi connectivity index (χ3n) is 2.17. The summed E-state index contributed by atoms with van der Waals surface area (Å²) in [6.07, 6.45) is 1.06. The van der Waals surface area contributed by atoms with E-state index in [0.717, 1.165) is 0 Å². The summed E-state index contributed by atoms with van der Waals surface area (Å²) in [5.74, 6) is -0.679. The summed E-state index contributed by atoms with van der Waals surface area (Å²) in [7, 11) is 0. The zero-order valence-electron chi connectivity index (χ0n) is 7.12. The number of ketones is 1. The van der Waals surface area contributed by atoms with E-state index in [0.29, 0.717) is 25.9 Å². The van der Waals surface area contributed by atoms with E-state index in [1.165, 1.54) is 0 Å². The average Bonchev–Trinajstić information content (AvgIpc) is 2.37. The number of rotatable bonds is 3. The third kappa shape index (κ3) is 1.82. The Kier molecular flexibility index (Phi) is 2.81. The maximum atomic E-state index is 10.9. The number of nitrogens with zero attached hydrogens (tertiary/aromatic N) is 1. The van der Waals surface area contributed by atoms with Crippen LogP contribution in [0.15, 0.2) is 0 Å². The number of carboxylic acid groups (broad SMARTS) is 1. The van der Waals surface area contributed by atoms with Gasteiger partial charge in [-0.3, -0.25) is 14.5 Å². The molecule has 4 heteroatoms. The summed E-state index contributed by atoms with van der Waals surface area (Å²) in [4.78, 5) is 23.3. The first-order valence-electron chi connectivity index (χ1n) is 4.13. The number of hydrogen-bond acceptors (Lipinski definition) is 3. The minimum absolute atomic E-state index is 0.148. The van der Waals surface area contributed by atoms with Gasteiger partial charge in [0.25, 0.3) is 0 Å². The highest BCUT2D eigenvalue weighted by Gasteiger charge is 2.29. The molecule has 1 unspecified atom stereocenters. The molecular formula is C8H13NO3. The molecule has 0 saturated carbocycles. The normalized spacial score (nSPS) is 21.2. The SMILES string of the molecule is CCC(C(=O)O)N1CCC(=O)C1. The highest BCUT2D eigenvalue weighted by molar-refractivity contribution is 5.84. The van der Waals surface area contributed by atoms with Crippen LogP contribution in [0.5, 0.6) is 0 Å². The fourth-order valence-electron chi connectivity index (χ4n) is 1.51. The smallest absolute Gasteiger partial charge is 0.320 e. The molecule has 0 amide bonds. The molecule has 0 radical (unpaired) electrons. The molecule has 4 nitrogen and oxygen atoms in total. The van der Waals surface area contributed by atoms with Crippen LogP contribution >= 0.6 is 0 Å². The molecule has 0 aromatic heterocycles. The van der Waals surface area contributed by atoms with Crippen LogP contribution < -0.4 is 0 Å². The maximum Gasteiger partial charge on any atom is 0.320 e. The topological polar surface area (TPSA) is 57.6 Å². The van der Waals surface area contributed by atoms with E-state index in [1.807, 2.05) is 6.92 Å². The van der Waals surface area contributed by atoms with Gasteiger partial charge in [-0.05, 0) is 6.42 Å². The molecule has 1 N–H and O–H groups in total. The molecule has 12 heavy (non-hydrogen) atoms. The predicted molar refractivity (Wildman–Crippen MR) is 42.9 cm³/mol. The van der Waals surface area contributed by atoms with Gasteiger partial charge < -0.3 is 5.11 Å².